The number of hydrogen-bond donors (Lipinski definition) is 1. The van der Waals surface area contributed by atoms with Crippen LogP contribution in [0.25, 0.3) is 0 Å². The molecule has 1 fully saturated rings. The van der Waals surface area contributed by atoms with E-state index in [0.717, 1.165) is 32.9 Å². The summed E-state index contributed by atoms with van der Waals surface area (Å²) < 4.78 is 1.45. The predicted octanol–water partition coefficient (Wildman–Crippen LogP) is 5.95. The molecule has 3 aromatic carbocycles. The number of benzene rings is 3. The van der Waals surface area contributed by atoms with Crippen LogP contribution in [0.1, 0.15) is 48.3 Å². The van der Waals surface area contributed by atoms with Gasteiger partial charge in [0.05, 0.1) is 16.6 Å². The first kappa shape index (κ1) is 28.2. The SMILES string of the molecule is Cc1ccccc1NC(=O)Cn1c2c(sc1=O)[C@@H](c1ccc(C(C)(C)C)cc1)[C@@H]1C(=O)N(c3ccccc3)C(=O)[C@@H]1S2. The van der Waals surface area contributed by atoms with Crippen molar-refractivity contribution >= 4 is 52.2 Å². The third-order valence-electron chi connectivity index (χ3n) is 7.92. The van der Waals surface area contributed by atoms with Crippen molar-refractivity contribution in [1.82, 2.24) is 4.57 Å². The Morgan fingerprint density at radius 1 is 0.881 bits per heavy atom. The molecular formula is C33H31N3O4S2. The molecule has 1 saturated heterocycles. The number of aromatic nitrogens is 1. The molecule has 7 nitrogen and oxygen atoms in total. The molecule has 0 radical (unpaired) electrons. The zero-order valence-corrected chi connectivity index (χ0v) is 25.4. The van der Waals surface area contributed by atoms with Crippen LogP contribution in [0.3, 0.4) is 0 Å². The Kier molecular flexibility index (Phi) is 7.19. The second-order valence-electron chi connectivity index (χ2n) is 11.7. The van der Waals surface area contributed by atoms with Crippen LogP contribution < -0.4 is 15.1 Å². The van der Waals surface area contributed by atoms with E-state index in [-0.39, 0.29) is 34.6 Å². The number of imide groups is 1. The summed E-state index contributed by atoms with van der Waals surface area (Å²) in [7, 11) is 0. The summed E-state index contributed by atoms with van der Waals surface area (Å²) in [6.45, 7) is 8.12. The molecule has 214 valence electrons. The normalized spacial score (nSPS) is 19.9. The summed E-state index contributed by atoms with van der Waals surface area (Å²) in [6, 6.07) is 24.5. The Morgan fingerprint density at radius 3 is 2.21 bits per heavy atom. The van der Waals surface area contributed by atoms with Crippen LogP contribution in [0.15, 0.2) is 88.7 Å². The largest absolute Gasteiger partial charge is 0.324 e. The lowest BCUT2D eigenvalue weighted by Gasteiger charge is -2.31. The molecular weight excluding hydrogens is 567 g/mol. The summed E-state index contributed by atoms with van der Waals surface area (Å²) in [4.78, 5) is 56.1. The van der Waals surface area contributed by atoms with Gasteiger partial charge in [0.25, 0.3) is 0 Å². The standard InChI is InChI=1S/C33H31N3O4S2/c1-19-10-8-9-13-23(19)34-24(37)18-35-31-28(42-32(35)40)25(20-14-16-21(17-15-20)33(2,3)4)26-27(41-31)30(39)36(29(26)38)22-11-6-5-7-12-22/h5-17,25-27H,18H2,1-4H3,(H,34,37)/t25-,26-,27+/m0/s1. The molecule has 0 saturated carbocycles. The summed E-state index contributed by atoms with van der Waals surface area (Å²) in [5, 5.41) is 2.76. The number of thioether (sulfide) groups is 1. The fourth-order valence-electron chi connectivity index (χ4n) is 5.68. The molecule has 3 heterocycles. The molecule has 4 aromatic rings. The molecule has 1 N–H and O–H groups in total. The number of nitrogens with zero attached hydrogens (tertiary/aromatic N) is 2. The highest BCUT2D eigenvalue weighted by Gasteiger charge is 2.56. The van der Waals surface area contributed by atoms with E-state index in [0.29, 0.717) is 16.4 Å². The van der Waals surface area contributed by atoms with E-state index in [4.69, 9.17) is 0 Å². The molecule has 0 spiro atoms. The number of carbonyl (C=O) groups excluding carboxylic acids is 3. The lowest BCUT2D eigenvalue weighted by Crippen LogP contribution is -2.33. The number of carbonyl (C=O) groups is 3. The molecule has 3 amide bonds. The number of fused-ring (bicyclic) bond motifs is 2. The lowest BCUT2D eigenvalue weighted by atomic mass is 9.81. The van der Waals surface area contributed by atoms with Crippen molar-refractivity contribution in [3.63, 3.8) is 0 Å². The third kappa shape index (κ3) is 4.90. The molecule has 0 aliphatic carbocycles. The Bertz CT molecular complexity index is 1750. The van der Waals surface area contributed by atoms with Crippen molar-refractivity contribution in [3.8, 4) is 0 Å². The number of aryl methyl sites for hydroxylation is 1. The van der Waals surface area contributed by atoms with Crippen LogP contribution in [0.2, 0.25) is 0 Å². The van der Waals surface area contributed by atoms with Crippen molar-refractivity contribution in [2.75, 3.05) is 10.2 Å². The van der Waals surface area contributed by atoms with Gasteiger partial charge in [0.2, 0.25) is 17.7 Å². The minimum absolute atomic E-state index is 0.0590. The Balaban J connectivity index is 1.43. The zero-order valence-electron chi connectivity index (χ0n) is 23.8. The number of amides is 3. The Hall–Kier alpha value is -3.95. The van der Waals surface area contributed by atoms with Crippen LogP contribution in [-0.2, 0) is 26.3 Å². The number of para-hydroxylation sites is 2. The van der Waals surface area contributed by atoms with Gasteiger partial charge in [-0.3, -0.25) is 23.7 Å². The first-order valence-corrected chi connectivity index (χ1v) is 15.5. The van der Waals surface area contributed by atoms with Crippen molar-refractivity contribution in [3.05, 3.63) is 110 Å². The topological polar surface area (TPSA) is 88.5 Å². The quantitative estimate of drug-likeness (QED) is 0.287. The van der Waals surface area contributed by atoms with E-state index in [9.17, 15) is 19.2 Å². The highest BCUT2D eigenvalue weighted by molar-refractivity contribution is 8.00. The molecule has 1 aromatic heterocycles. The summed E-state index contributed by atoms with van der Waals surface area (Å²) in [5.41, 5.74) is 4.08. The summed E-state index contributed by atoms with van der Waals surface area (Å²) in [5.74, 6) is -2.09. The van der Waals surface area contributed by atoms with Crippen LogP contribution >= 0.6 is 23.1 Å². The molecule has 42 heavy (non-hydrogen) atoms. The highest BCUT2D eigenvalue weighted by atomic mass is 32.2. The molecule has 0 unspecified atom stereocenters. The van der Waals surface area contributed by atoms with E-state index in [1.54, 1.807) is 24.3 Å². The first-order valence-electron chi connectivity index (χ1n) is 13.8. The fourth-order valence-corrected chi connectivity index (χ4v) is 8.46. The van der Waals surface area contributed by atoms with E-state index in [1.165, 1.54) is 21.2 Å². The number of rotatable bonds is 5. The first-order chi connectivity index (χ1) is 20.0. The maximum atomic E-state index is 14.0. The van der Waals surface area contributed by atoms with E-state index < -0.39 is 17.1 Å². The van der Waals surface area contributed by atoms with Gasteiger partial charge in [0.15, 0.2) is 0 Å². The van der Waals surface area contributed by atoms with E-state index in [1.807, 2.05) is 49.4 Å². The van der Waals surface area contributed by atoms with Gasteiger partial charge in [-0.15, -0.1) is 0 Å². The van der Waals surface area contributed by atoms with Gasteiger partial charge in [-0.05, 0) is 47.2 Å². The van der Waals surface area contributed by atoms with Gasteiger partial charge in [-0.1, -0.05) is 105 Å². The van der Waals surface area contributed by atoms with Gasteiger partial charge >= 0.3 is 4.87 Å². The number of nitrogens with one attached hydrogen (secondary N) is 1. The van der Waals surface area contributed by atoms with Crippen LogP contribution in [-0.4, -0.2) is 27.5 Å². The van der Waals surface area contributed by atoms with Gasteiger partial charge in [0.1, 0.15) is 11.8 Å². The van der Waals surface area contributed by atoms with Crippen molar-refractivity contribution < 1.29 is 14.4 Å². The lowest BCUT2D eigenvalue weighted by molar-refractivity contribution is -0.122. The minimum atomic E-state index is -0.725. The van der Waals surface area contributed by atoms with Gasteiger partial charge in [0, 0.05) is 16.5 Å². The molecule has 0 bridgehead atoms. The maximum absolute atomic E-state index is 14.0. The molecule has 2 aliphatic rings. The van der Waals surface area contributed by atoms with E-state index >= 15 is 0 Å². The van der Waals surface area contributed by atoms with Crippen LogP contribution in [0.4, 0.5) is 11.4 Å². The van der Waals surface area contributed by atoms with Crippen molar-refractivity contribution in [1.29, 1.82) is 0 Å². The fraction of sp³-hybridized carbons (Fsp3) is 0.273. The zero-order chi connectivity index (χ0) is 29.8. The Morgan fingerprint density at radius 2 is 1.55 bits per heavy atom. The maximum Gasteiger partial charge on any atom is 0.308 e. The van der Waals surface area contributed by atoms with Gasteiger partial charge in [-0.2, -0.15) is 0 Å². The molecule has 6 rings (SSSR count). The number of hydrogen-bond acceptors (Lipinski definition) is 6. The smallest absolute Gasteiger partial charge is 0.308 e. The van der Waals surface area contributed by atoms with Crippen LogP contribution in [0.5, 0.6) is 0 Å². The minimum Gasteiger partial charge on any atom is -0.324 e. The van der Waals surface area contributed by atoms with Crippen molar-refractivity contribution in [2.24, 2.45) is 5.92 Å². The second kappa shape index (κ2) is 10.7. The van der Waals surface area contributed by atoms with Gasteiger partial charge < -0.3 is 5.32 Å². The third-order valence-corrected chi connectivity index (χ3v) is 10.5. The predicted molar refractivity (Wildman–Crippen MR) is 167 cm³/mol. The van der Waals surface area contributed by atoms with Crippen LogP contribution in [0, 0.1) is 12.8 Å². The number of thiazole rings is 1. The average Bonchev–Trinajstić information content (AvgIpc) is 3.40. The molecule has 9 heteroatoms. The summed E-state index contributed by atoms with van der Waals surface area (Å²) >= 11 is 2.28. The summed E-state index contributed by atoms with van der Waals surface area (Å²) in [6.07, 6.45) is 0. The Labute approximate surface area is 252 Å². The van der Waals surface area contributed by atoms with Crippen molar-refractivity contribution in [2.45, 2.75) is 55.8 Å². The molecule has 3 atom stereocenters. The highest BCUT2D eigenvalue weighted by Crippen LogP contribution is 2.54. The molecule has 2 aliphatic heterocycles. The monoisotopic (exact) mass is 597 g/mol. The number of anilines is 2. The average molecular weight is 598 g/mol. The second-order valence-corrected chi connectivity index (χ2v) is 13.9. The van der Waals surface area contributed by atoms with Gasteiger partial charge in [-0.25, -0.2) is 4.90 Å². The van der Waals surface area contributed by atoms with E-state index in [2.05, 4.69) is 38.2 Å².